The summed E-state index contributed by atoms with van der Waals surface area (Å²) in [6.07, 6.45) is 0. The Hall–Kier alpha value is -4.94. The van der Waals surface area contributed by atoms with Crippen LogP contribution in [0.2, 0.25) is 0 Å². The third-order valence-electron chi connectivity index (χ3n) is 9.62. The van der Waals surface area contributed by atoms with Gasteiger partial charge in [0.15, 0.2) is 0 Å². The van der Waals surface area contributed by atoms with Crippen molar-refractivity contribution < 1.29 is 0 Å². The van der Waals surface area contributed by atoms with Crippen molar-refractivity contribution >= 4 is 43.1 Å². The Kier molecular flexibility index (Phi) is 4.49. The molecule has 1 aliphatic rings. The van der Waals surface area contributed by atoms with Crippen LogP contribution >= 0.6 is 0 Å². The van der Waals surface area contributed by atoms with Gasteiger partial charge in [-0.15, -0.1) is 0 Å². The largest absolute Gasteiger partial charge is 0.0613 e. The fraction of sp³-hybridized carbons (Fsp3) is 0.0732. The van der Waals surface area contributed by atoms with Crippen molar-refractivity contribution in [1.82, 2.24) is 0 Å². The van der Waals surface area contributed by atoms with E-state index in [-0.39, 0.29) is 5.41 Å². The molecule has 8 aromatic rings. The predicted octanol–water partition coefficient (Wildman–Crippen LogP) is 11.4. The van der Waals surface area contributed by atoms with Crippen LogP contribution in [0.1, 0.15) is 25.0 Å². The summed E-state index contributed by atoms with van der Waals surface area (Å²) in [7, 11) is 0. The third-order valence-corrected chi connectivity index (χ3v) is 9.62. The zero-order chi connectivity index (χ0) is 27.3. The molecule has 0 N–H and O–H groups in total. The lowest BCUT2D eigenvalue weighted by molar-refractivity contribution is 0.645. The summed E-state index contributed by atoms with van der Waals surface area (Å²) in [6.45, 7) is 4.73. The standard InChI is InChI=1S/C41H28/c1-41(2)36-23-20-31(24-35(36)33-10-4-8-27-9-5-11-37(41)39(27)33)25-12-14-26(15-13-25)32-21-18-30-17-16-28-6-3-7-29-19-22-34(32)40(30)38(28)29/h3-24H,1-2H3. The Labute approximate surface area is 239 Å². The molecule has 0 atom stereocenters. The molecule has 192 valence electrons. The molecule has 0 saturated heterocycles. The lowest BCUT2D eigenvalue weighted by atomic mass is 9.68. The molecule has 0 bridgehead atoms. The van der Waals surface area contributed by atoms with Crippen LogP contribution in [0.4, 0.5) is 0 Å². The van der Waals surface area contributed by atoms with Gasteiger partial charge in [0.05, 0.1) is 0 Å². The van der Waals surface area contributed by atoms with E-state index in [1.807, 2.05) is 0 Å². The van der Waals surface area contributed by atoms with Gasteiger partial charge in [-0.2, -0.15) is 0 Å². The molecule has 0 heterocycles. The highest BCUT2D eigenvalue weighted by Gasteiger charge is 2.33. The van der Waals surface area contributed by atoms with E-state index >= 15 is 0 Å². The minimum Gasteiger partial charge on any atom is -0.0613 e. The summed E-state index contributed by atoms with van der Waals surface area (Å²) < 4.78 is 0. The van der Waals surface area contributed by atoms with Crippen LogP contribution in [0.15, 0.2) is 133 Å². The van der Waals surface area contributed by atoms with Crippen molar-refractivity contribution in [3.63, 3.8) is 0 Å². The summed E-state index contributed by atoms with van der Waals surface area (Å²) in [5, 5.41) is 10.7. The van der Waals surface area contributed by atoms with Gasteiger partial charge in [-0.05, 0) is 93.7 Å². The van der Waals surface area contributed by atoms with Gasteiger partial charge in [-0.1, -0.05) is 141 Å². The van der Waals surface area contributed by atoms with Crippen molar-refractivity contribution in [1.29, 1.82) is 0 Å². The number of benzene rings is 8. The average Bonchev–Trinajstić information content (AvgIpc) is 3.02. The van der Waals surface area contributed by atoms with Crippen LogP contribution in [0.5, 0.6) is 0 Å². The SMILES string of the molecule is CC1(C)c2ccc(-c3ccc(-c4ccc5ccc6cccc7ccc4c5c67)cc3)cc2-c2cccc3cccc1c23. The second-order valence-electron chi connectivity index (χ2n) is 12.1. The minimum atomic E-state index is -0.0411. The fourth-order valence-corrected chi connectivity index (χ4v) is 7.55. The Morgan fingerprint density at radius 2 is 0.951 bits per heavy atom. The van der Waals surface area contributed by atoms with E-state index in [1.165, 1.54) is 87.6 Å². The second kappa shape index (κ2) is 8.05. The molecule has 0 fully saturated rings. The number of hydrogen-bond donors (Lipinski definition) is 0. The monoisotopic (exact) mass is 520 g/mol. The third kappa shape index (κ3) is 3.11. The van der Waals surface area contributed by atoms with Gasteiger partial charge in [-0.3, -0.25) is 0 Å². The maximum absolute atomic E-state index is 2.41. The molecule has 0 nitrogen and oxygen atoms in total. The molecule has 1 aliphatic carbocycles. The lowest BCUT2D eigenvalue weighted by Crippen LogP contribution is -2.23. The molecule has 0 amide bonds. The summed E-state index contributed by atoms with van der Waals surface area (Å²) in [5.41, 5.74) is 10.5. The zero-order valence-corrected chi connectivity index (χ0v) is 23.2. The fourth-order valence-electron chi connectivity index (χ4n) is 7.55. The predicted molar refractivity (Wildman–Crippen MR) is 176 cm³/mol. The first-order chi connectivity index (χ1) is 20.1. The highest BCUT2D eigenvalue weighted by molar-refractivity contribution is 6.25. The van der Waals surface area contributed by atoms with E-state index < -0.39 is 0 Å². The van der Waals surface area contributed by atoms with Crippen LogP contribution in [0.25, 0.3) is 76.5 Å². The Morgan fingerprint density at radius 1 is 0.366 bits per heavy atom. The molecule has 41 heavy (non-hydrogen) atoms. The maximum Gasteiger partial charge on any atom is 0.0159 e. The first-order valence-electron chi connectivity index (χ1n) is 14.5. The van der Waals surface area contributed by atoms with E-state index in [0.29, 0.717) is 0 Å². The van der Waals surface area contributed by atoms with Crippen LogP contribution in [0.3, 0.4) is 0 Å². The number of fused-ring (bicyclic) bond motifs is 2. The van der Waals surface area contributed by atoms with E-state index in [1.54, 1.807) is 0 Å². The lowest BCUT2D eigenvalue weighted by Gasteiger charge is -2.35. The van der Waals surface area contributed by atoms with Crippen molar-refractivity contribution in [2.24, 2.45) is 0 Å². The van der Waals surface area contributed by atoms with Gasteiger partial charge in [0.1, 0.15) is 0 Å². The molecule has 0 spiro atoms. The molecule has 8 aromatic carbocycles. The number of rotatable bonds is 2. The minimum absolute atomic E-state index is 0.0411. The first-order valence-corrected chi connectivity index (χ1v) is 14.5. The summed E-state index contributed by atoms with van der Waals surface area (Å²) in [6, 6.07) is 50.0. The van der Waals surface area contributed by atoms with E-state index in [4.69, 9.17) is 0 Å². The van der Waals surface area contributed by atoms with Crippen LogP contribution < -0.4 is 0 Å². The van der Waals surface area contributed by atoms with Gasteiger partial charge in [0, 0.05) is 5.41 Å². The van der Waals surface area contributed by atoms with Crippen LogP contribution in [-0.2, 0) is 5.41 Å². The quantitative estimate of drug-likeness (QED) is 0.199. The Balaban J connectivity index is 1.18. The maximum atomic E-state index is 2.41. The molecule has 0 heteroatoms. The average molecular weight is 521 g/mol. The molecular weight excluding hydrogens is 492 g/mol. The van der Waals surface area contributed by atoms with Crippen molar-refractivity contribution in [3.05, 3.63) is 145 Å². The molecule has 0 aliphatic heterocycles. The molecular formula is C41H28. The highest BCUT2D eigenvalue weighted by atomic mass is 14.4. The first kappa shape index (κ1) is 22.8. The van der Waals surface area contributed by atoms with Gasteiger partial charge in [0.25, 0.3) is 0 Å². The molecule has 0 saturated carbocycles. The van der Waals surface area contributed by atoms with Crippen LogP contribution in [-0.4, -0.2) is 0 Å². The molecule has 9 rings (SSSR count). The van der Waals surface area contributed by atoms with Crippen molar-refractivity contribution in [2.45, 2.75) is 19.3 Å². The zero-order valence-electron chi connectivity index (χ0n) is 23.2. The van der Waals surface area contributed by atoms with Gasteiger partial charge < -0.3 is 0 Å². The molecule has 0 aromatic heterocycles. The van der Waals surface area contributed by atoms with Crippen molar-refractivity contribution in [2.75, 3.05) is 0 Å². The van der Waals surface area contributed by atoms with E-state index in [2.05, 4.69) is 147 Å². The normalized spacial score (nSPS) is 13.8. The topological polar surface area (TPSA) is 0 Å². The second-order valence-corrected chi connectivity index (χ2v) is 12.1. The molecule has 0 radical (unpaired) electrons. The highest BCUT2D eigenvalue weighted by Crippen LogP contribution is 2.49. The van der Waals surface area contributed by atoms with Gasteiger partial charge in [0.2, 0.25) is 0 Å². The van der Waals surface area contributed by atoms with E-state index in [0.717, 1.165) is 0 Å². The Bertz CT molecular complexity index is 2290. The smallest absolute Gasteiger partial charge is 0.0159 e. The Morgan fingerprint density at radius 3 is 1.73 bits per heavy atom. The number of hydrogen-bond acceptors (Lipinski definition) is 0. The summed E-state index contributed by atoms with van der Waals surface area (Å²) >= 11 is 0. The van der Waals surface area contributed by atoms with E-state index in [9.17, 15) is 0 Å². The van der Waals surface area contributed by atoms with Gasteiger partial charge in [-0.25, -0.2) is 0 Å². The van der Waals surface area contributed by atoms with Crippen molar-refractivity contribution in [3.8, 4) is 33.4 Å². The molecule has 0 unspecified atom stereocenters. The summed E-state index contributed by atoms with van der Waals surface area (Å²) in [4.78, 5) is 0. The summed E-state index contributed by atoms with van der Waals surface area (Å²) in [5.74, 6) is 0. The van der Waals surface area contributed by atoms with Gasteiger partial charge >= 0.3 is 0 Å². The van der Waals surface area contributed by atoms with Crippen LogP contribution in [0, 0.1) is 0 Å².